The van der Waals surface area contributed by atoms with Crippen molar-refractivity contribution in [2.45, 2.75) is 11.3 Å². The van der Waals surface area contributed by atoms with Gasteiger partial charge in [0.2, 0.25) is 10.0 Å². The zero-order valence-corrected chi connectivity index (χ0v) is 16.9. The second kappa shape index (κ2) is 8.46. The van der Waals surface area contributed by atoms with E-state index in [4.69, 9.17) is 9.88 Å². The minimum absolute atomic E-state index is 0.0604. The predicted molar refractivity (Wildman–Crippen MR) is 109 cm³/mol. The Balaban J connectivity index is 1.63. The third-order valence-electron chi connectivity index (χ3n) is 4.43. The Bertz CT molecular complexity index is 1120. The van der Waals surface area contributed by atoms with Crippen LogP contribution in [0.15, 0.2) is 59.5 Å². The number of hydrogen-bond acceptors (Lipinski definition) is 5. The number of aryl methyl sites for hydroxylation is 1. The summed E-state index contributed by atoms with van der Waals surface area (Å²) >= 11 is 0. The van der Waals surface area contributed by atoms with Crippen molar-refractivity contribution in [3.8, 4) is 17.0 Å². The summed E-state index contributed by atoms with van der Waals surface area (Å²) < 4.78 is 29.3. The standard InChI is InChI=1S/C20H22N4O4S/c1-24-19(13-18(23-24)15-4-3-5-16(12-15)28-2)20(25)22-11-10-14-6-8-17(9-7-14)29(21,26)27/h3-9,12-13H,10-11H2,1-2H3,(H,22,25)(H2,21,26,27). The van der Waals surface area contributed by atoms with Crippen molar-refractivity contribution in [1.29, 1.82) is 0 Å². The van der Waals surface area contributed by atoms with E-state index < -0.39 is 10.0 Å². The highest BCUT2D eigenvalue weighted by Crippen LogP contribution is 2.23. The van der Waals surface area contributed by atoms with E-state index in [1.807, 2.05) is 24.3 Å². The summed E-state index contributed by atoms with van der Waals surface area (Å²) in [5.74, 6) is 0.475. The maximum Gasteiger partial charge on any atom is 0.269 e. The number of hydrogen-bond donors (Lipinski definition) is 2. The summed E-state index contributed by atoms with van der Waals surface area (Å²) in [4.78, 5) is 12.6. The highest BCUT2D eigenvalue weighted by molar-refractivity contribution is 7.89. The Kier molecular flexibility index (Phi) is 6.00. The van der Waals surface area contributed by atoms with Crippen LogP contribution in [-0.4, -0.2) is 37.8 Å². The van der Waals surface area contributed by atoms with Crippen LogP contribution in [0.1, 0.15) is 16.1 Å². The lowest BCUT2D eigenvalue weighted by molar-refractivity contribution is 0.0944. The largest absolute Gasteiger partial charge is 0.497 e. The molecule has 0 bridgehead atoms. The van der Waals surface area contributed by atoms with Gasteiger partial charge in [-0.2, -0.15) is 5.10 Å². The first kappa shape index (κ1) is 20.6. The van der Waals surface area contributed by atoms with E-state index in [1.54, 1.807) is 32.4 Å². The molecule has 0 aliphatic rings. The lowest BCUT2D eigenvalue weighted by atomic mass is 10.1. The van der Waals surface area contributed by atoms with E-state index >= 15 is 0 Å². The second-order valence-electron chi connectivity index (χ2n) is 6.47. The number of carbonyl (C=O) groups is 1. The molecule has 0 saturated heterocycles. The molecule has 29 heavy (non-hydrogen) atoms. The number of ether oxygens (including phenoxy) is 1. The van der Waals surface area contributed by atoms with Gasteiger partial charge in [0, 0.05) is 19.2 Å². The topological polar surface area (TPSA) is 116 Å². The molecule has 1 aromatic heterocycles. The van der Waals surface area contributed by atoms with Gasteiger partial charge in [-0.05, 0) is 42.3 Å². The quantitative estimate of drug-likeness (QED) is 0.611. The van der Waals surface area contributed by atoms with Crippen LogP contribution in [0.2, 0.25) is 0 Å². The number of carbonyl (C=O) groups excluding carboxylic acids is 1. The first-order valence-electron chi connectivity index (χ1n) is 8.86. The number of methoxy groups -OCH3 is 1. The van der Waals surface area contributed by atoms with Crippen molar-refractivity contribution in [1.82, 2.24) is 15.1 Å². The van der Waals surface area contributed by atoms with Crippen molar-refractivity contribution in [2.24, 2.45) is 12.2 Å². The van der Waals surface area contributed by atoms with E-state index in [-0.39, 0.29) is 10.8 Å². The Labute approximate surface area is 169 Å². The number of aromatic nitrogens is 2. The Morgan fingerprint density at radius 2 is 1.90 bits per heavy atom. The molecule has 0 aliphatic carbocycles. The van der Waals surface area contributed by atoms with Gasteiger partial charge in [0.05, 0.1) is 17.7 Å². The van der Waals surface area contributed by atoms with Crippen LogP contribution in [0, 0.1) is 0 Å². The van der Waals surface area contributed by atoms with Crippen molar-refractivity contribution in [3.63, 3.8) is 0 Å². The smallest absolute Gasteiger partial charge is 0.269 e. The zero-order valence-electron chi connectivity index (χ0n) is 16.1. The molecular formula is C20H22N4O4S. The summed E-state index contributed by atoms with van der Waals surface area (Å²) in [5, 5.41) is 12.3. The average molecular weight is 414 g/mol. The van der Waals surface area contributed by atoms with Crippen molar-refractivity contribution in [2.75, 3.05) is 13.7 Å². The molecular weight excluding hydrogens is 392 g/mol. The van der Waals surface area contributed by atoms with E-state index in [2.05, 4.69) is 10.4 Å². The molecule has 1 amide bonds. The van der Waals surface area contributed by atoms with Gasteiger partial charge in [0.15, 0.2) is 0 Å². The molecule has 8 nitrogen and oxygen atoms in total. The molecule has 0 aliphatic heterocycles. The summed E-state index contributed by atoms with van der Waals surface area (Å²) in [6.45, 7) is 0.396. The second-order valence-corrected chi connectivity index (χ2v) is 8.03. The van der Waals surface area contributed by atoms with Gasteiger partial charge < -0.3 is 10.1 Å². The Morgan fingerprint density at radius 1 is 1.17 bits per heavy atom. The third-order valence-corrected chi connectivity index (χ3v) is 5.36. The fraction of sp³-hybridized carbons (Fsp3) is 0.200. The van der Waals surface area contributed by atoms with Gasteiger partial charge in [-0.1, -0.05) is 24.3 Å². The highest BCUT2D eigenvalue weighted by Gasteiger charge is 2.14. The normalized spacial score (nSPS) is 11.3. The maximum absolute atomic E-state index is 12.5. The van der Waals surface area contributed by atoms with E-state index in [0.29, 0.717) is 30.1 Å². The third kappa shape index (κ3) is 5.01. The molecule has 3 N–H and O–H groups in total. The highest BCUT2D eigenvalue weighted by atomic mass is 32.2. The minimum Gasteiger partial charge on any atom is -0.497 e. The van der Waals surface area contributed by atoms with Gasteiger partial charge in [0.1, 0.15) is 11.4 Å². The predicted octanol–water partition coefficient (Wildman–Crippen LogP) is 1.72. The summed E-state index contributed by atoms with van der Waals surface area (Å²) in [6.07, 6.45) is 0.553. The number of rotatable bonds is 7. The van der Waals surface area contributed by atoms with Crippen molar-refractivity contribution >= 4 is 15.9 Å². The first-order chi connectivity index (χ1) is 13.8. The monoisotopic (exact) mass is 414 g/mol. The van der Waals surface area contributed by atoms with Gasteiger partial charge in [-0.25, -0.2) is 13.6 Å². The summed E-state index contributed by atoms with van der Waals surface area (Å²) in [5.41, 5.74) is 2.86. The number of nitrogens with one attached hydrogen (secondary N) is 1. The van der Waals surface area contributed by atoms with Crippen LogP contribution in [0.5, 0.6) is 5.75 Å². The van der Waals surface area contributed by atoms with Crippen LogP contribution in [0.25, 0.3) is 11.3 Å². The van der Waals surface area contributed by atoms with Crippen molar-refractivity contribution < 1.29 is 17.9 Å². The molecule has 2 aromatic carbocycles. The van der Waals surface area contributed by atoms with Gasteiger partial charge >= 0.3 is 0 Å². The molecule has 3 aromatic rings. The lowest BCUT2D eigenvalue weighted by Gasteiger charge is -2.06. The molecule has 0 spiro atoms. The molecule has 9 heteroatoms. The van der Waals surface area contributed by atoms with Crippen LogP contribution in [0.4, 0.5) is 0 Å². The molecule has 0 unspecified atom stereocenters. The molecule has 3 rings (SSSR count). The molecule has 0 saturated carbocycles. The minimum atomic E-state index is -3.71. The number of sulfonamides is 1. The average Bonchev–Trinajstić information content (AvgIpc) is 3.09. The van der Waals surface area contributed by atoms with E-state index in [1.165, 1.54) is 16.8 Å². The van der Waals surface area contributed by atoms with Crippen LogP contribution in [0.3, 0.4) is 0 Å². The summed E-state index contributed by atoms with van der Waals surface area (Å²) in [6, 6.07) is 15.5. The number of primary sulfonamides is 1. The van der Waals surface area contributed by atoms with Crippen LogP contribution < -0.4 is 15.2 Å². The Morgan fingerprint density at radius 3 is 2.55 bits per heavy atom. The molecule has 0 fully saturated rings. The fourth-order valence-electron chi connectivity index (χ4n) is 2.86. The lowest BCUT2D eigenvalue weighted by Crippen LogP contribution is -2.27. The SMILES string of the molecule is COc1cccc(-c2cc(C(=O)NCCc3ccc(S(N)(=O)=O)cc3)n(C)n2)c1. The number of nitrogens with zero attached hydrogens (tertiary/aromatic N) is 2. The zero-order chi connectivity index (χ0) is 21.0. The Hall–Kier alpha value is -3.17. The number of nitrogens with two attached hydrogens (primary N) is 1. The van der Waals surface area contributed by atoms with Gasteiger partial charge in [0.25, 0.3) is 5.91 Å². The molecule has 0 atom stereocenters. The maximum atomic E-state index is 12.5. The van der Waals surface area contributed by atoms with Gasteiger partial charge in [-0.3, -0.25) is 9.48 Å². The van der Waals surface area contributed by atoms with Gasteiger partial charge in [-0.15, -0.1) is 0 Å². The molecule has 0 radical (unpaired) electrons. The van der Waals surface area contributed by atoms with Crippen LogP contribution >= 0.6 is 0 Å². The fourth-order valence-corrected chi connectivity index (χ4v) is 3.38. The first-order valence-corrected chi connectivity index (χ1v) is 10.4. The summed E-state index contributed by atoms with van der Waals surface area (Å²) in [7, 11) is -0.398. The number of amides is 1. The number of benzene rings is 2. The van der Waals surface area contributed by atoms with E-state index in [0.717, 1.165) is 11.1 Å². The van der Waals surface area contributed by atoms with Crippen molar-refractivity contribution in [3.05, 3.63) is 65.9 Å². The molecule has 1 heterocycles. The molecule has 152 valence electrons. The van der Waals surface area contributed by atoms with Crippen LogP contribution in [-0.2, 0) is 23.5 Å². The van der Waals surface area contributed by atoms with E-state index in [9.17, 15) is 13.2 Å².